The minimum atomic E-state index is -0.602. The first-order valence-corrected chi connectivity index (χ1v) is 9.44. The molecule has 1 aromatic rings. The van der Waals surface area contributed by atoms with E-state index < -0.39 is 18.1 Å². The van der Waals surface area contributed by atoms with Gasteiger partial charge in [0.25, 0.3) is 5.91 Å². The topological polar surface area (TPSA) is 72.6 Å². The van der Waals surface area contributed by atoms with Gasteiger partial charge in [-0.1, -0.05) is 30.3 Å². The number of rotatable bonds is 6. The Bertz CT molecular complexity index is 590. The highest BCUT2D eigenvalue weighted by Crippen LogP contribution is 2.27. The lowest BCUT2D eigenvalue weighted by Gasteiger charge is -2.37. The molecule has 2 heterocycles. The van der Waals surface area contributed by atoms with Gasteiger partial charge in [0, 0.05) is 12.6 Å². The van der Waals surface area contributed by atoms with Gasteiger partial charge in [0.15, 0.2) is 0 Å². The second kappa shape index (κ2) is 8.48. The van der Waals surface area contributed by atoms with Crippen molar-refractivity contribution in [1.82, 2.24) is 4.90 Å². The van der Waals surface area contributed by atoms with Gasteiger partial charge in [-0.3, -0.25) is 9.59 Å². The number of nitrogens with zero attached hydrogens (tertiary/aromatic N) is 1. The van der Waals surface area contributed by atoms with Gasteiger partial charge in [-0.05, 0) is 56.9 Å². The number of hydrogen-bond acceptors (Lipinski definition) is 3. The Balaban J connectivity index is 1.53. The summed E-state index contributed by atoms with van der Waals surface area (Å²) in [7, 11) is 0. The van der Waals surface area contributed by atoms with Crippen LogP contribution in [-0.4, -0.2) is 41.5 Å². The molecule has 2 N–H and O–H groups in total. The summed E-state index contributed by atoms with van der Waals surface area (Å²) in [4.78, 5) is 26.1. The number of carbonyl (C=O) groups is 2. The average molecular weight is 344 g/mol. The Morgan fingerprint density at radius 1 is 1.08 bits per heavy atom. The third-order valence-electron chi connectivity index (χ3n) is 5.37. The van der Waals surface area contributed by atoms with E-state index in [1.807, 2.05) is 11.0 Å². The van der Waals surface area contributed by atoms with E-state index in [4.69, 9.17) is 10.5 Å². The van der Waals surface area contributed by atoms with E-state index in [0.29, 0.717) is 18.9 Å². The van der Waals surface area contributed by atoms with Crippen molar-refractivity contribution >= 4 is 11.8 Å². The Kier molecular flexibility index (Phi) is 6.08. The molecule has 2 saturated heterocycles. The zero-order valence-corrected chi connectivity index (χ0v) is 14.7. The van der Waals surface area contributed by atoms with Crippen LogP contribution in [0.25, 0.3) is 0 Å². The largest absolute Gasteiger partial charge is 0.367 e. The van der Waals surface area contributed by atoms with E-state index in [1.54, 1.807) is 0 Å². The molecule has 0 bridgehead atoms. The summed E-state index contributed by atoms with van der Waals surface area (Å²) in [5.41, 5.74) is 6.64. The Labute approximate surface area is 149 Å². The third kappa shape index (κ3) is 4.60. The van der Waals surface area contributed by atoms with E-state index in [-0.39, 0.29) is 5.91 Å². The molecule has 0 saturated carbocycles. The van der Waals surface area contributed by atoms with Crippen LogP contribution >= 0.6 is 0 Å². The summed E-state index contributed by atoms with van der Waals surface area (Å²) in [5.74, 6) is -0.415. The molecule has 0 spiro atoms. The number of carbonyl (C=O) groups excluding carboxylic acids is 2. The van der Waals surface area contributed by atoms with Gasteiger partial charge in [0.05, 0.1) is 0 Å². The second-order valence-electron chi connectivity index (χ2n) is 7.15. The molecular weight excluding hydrogens is 316 g/mol. The number of hydrogen-bond donors (Lipinski definition) is 1. The molecule has 2 aliphatic heterocycles. The van der Waals surface area contributed by atoms with Crippen LogP contribution in [0.1, 0.15) is 50.5 Å². The maximum Gasteiger partial charge on any atom is 0.251 e. The molecular formula is C20H28N2O3. The van der Waals surface area contributed by atoms with Gasteiger partial charge in [-0.25, -0.2) is 0 Å². The van der Waals surface area contributed by atoms with Crippen LogP contribution < -0.4 is 5.73 Å². The Hall–Kier alpha value is -1.88. The van der Waals surface area contributed by atoms with Crippen LogP contribution in [0, 0.1) is 0 Å². The molecule has 2 aliphatic rings. The molecule has 3 rings (SSSR count). The van der Waals surface area contributed by atoms with Gasteiger partial charge in [0.2, 0.25) is 5.91 Å². The summed E-state index contributed by atoms with van der Waals surface area (Å²) in [6, 6.07) is 10.8. The van der Waals surface area contributed by atoms with Gasteiger partial charge in [-0.15, -0.1) is 0 Å². The summed E-state index contributed by atoms with van der Waals surface area (Å²) in [6.45, 7) is 0.802. The van der Waals surface area contributed by atoms with E-state index in [1.165, 1.54) is 12.0 Å². The number of aryl methyl sites for hydroxylation is 1. The summed E-state index contributed by atoms with van der Waals surface area (Å²) < 4.78 is 5.59. The molecule has 1 aromatic carbocycles. The average Bonchev–Trinajstić information content (AvgIpc) is 3.13. The van der Waals surface area contributed by atoms with Crippen molar-refractivity contribution in [3.63, 3.8) is 0 Å². The van der Waals surface area contributed by atoms with E-state index in [9.17, 15) is 9.59 Å². The fraction of sp³-hybridized carbons (Fsp3) is 0.600. The fourth-order valence-electron chi connectivity index (χ4n) is 3.99. The lowest BCUT2D eigenvalue weighted by Crippen LogP contribution is -2.48. The minimum absolute atomic E-state index is 0.0492. The molecule has 3 unspecified atom stereocenters. The van der Waals surface area contributed by atoms with E-state index in [0.717, 1.165) is 38.6 Å². The van der Waals surface area contributed by atoms with Crippen molar-refractivity contribution < 1.29 is 14.3 Å². The first-order chi connectivity index (χ1) is 12.1. The van der Waals surface area contributed by atoms with Crippen LogP contribution in [0.4, 0.5) is 0 Å². The lowest BCUT2D eigenvalue weighted by atomic mass is 9.95. The third-order valence-corrected chi connectivity index (χ3v) is 5.37. The van der Waals surface area contributed by atoms with Crippen molar-refractivity contribution in [2.75, 3.05) is 6.54 Å². The predicted octanol–water partition coefficient (Wildman–Crippen LogP) is 2.42. The Morgan fingerprint density at radius 3 is 2.56 bits per heavy atom. The zero-order valence-electron chi connectivity index (χ0n) is 14.7. The van der Waals surface area contributed by atoms with Crippen LogP contribution in [0.5, 0.6) is 0 Å². The fourth-order valence-corrected chi connectivity index (χ4v) is 3.99. The zero-order chi connectivity index (χ0) is 17.6. The van der Waals surface area contributed by atoms with Gasteiger partial charge >= 0.3 is 0 Å². The number of amides is 2. The summed E-state index contributed by atoms with van der Waals surface area (Å²) >= 11 is 0. The number of nitrogens with two attached hydrogens (primary N) is 1. The standard InChI is InChI=1S/C20H28N2O3/c21-19(23)17-12-13-18(25-17)20(24)22-14-5-4-10-16(22)11-6-9-15-7-2-1-3-8-15/h1-3,7-8,16-18H,4-6,9-14H2,(H2,21,23). The van der Waals surface area contributed by atoms with Gasteiger partial charge in [0.1, 0.15) is 12.2 Å². The maximum atomic E-state index is 12.9. The maximum absolute atomic E-state index is 12.9. The molecule has 2 fully saturated rings. The summed E-state index contributed by atoms with van der Waals surface area (Å²) in [6.07, 6.45) is 6.48. The monoisotopic (exact) mass is 344 g/mol. The molecule has 0 aliphatic carbocycles. The van der Waals surface area contributed by atoms with Crippen molar-refractivity contribution in [3.8, 4) is 0 Å². The van der Waals surface area contributed by atoms with Crippen LogP contribution in [0.15, 0.2) is 30.3 Å². The van der Waals surface area contributed by atoms with Crippen molar-refractivity contribution in [2.45, 2.75) is 69.6 Å². The van der Waals surface area contributed by atoms with E-state index >= 15 is 0 Å². The first kappa shape index (κ1) is 17.9. The van der Waals surface area contributed by atoms with Crippen molar-refractivity contribution in [1.29, 1.82) is 0 Å². The van der Waals surface area contributed by atoms with E-state index in [2.05, 4.69) is 24.3 Å². The normalized spacial score (nSPS) is 26.6. The Morgan fingerprint density at radius 2 is 1.84 bits per heavy atom. The number of likely N-dealkylation sites (tertiary alicyclic amines) is 1. The molecule has 5 heteroatoms. The van der Waals surface area contributed by atoms with Crippen molar-refractivity contribution in [3.05, 3.63) is 35.9 Å². The SMILES string of the molecule is NC(=O)C1CCC(C(=O)N2CCCCC2CCCc2ccccc2)O1. The quantitative estimate of drug-likeness (QED) is 0.861. The highest BCUT2D eigenvalue weighted by Gasteiger charge is 2.38. The van der Waals surface area contributed by atoms with Crippen LogP contribution in [0.2, 0.25) is 0 Å². The molecule has 25 heavy (non-hydrogen) atoms. The second-order valence-corrected chi connectivity index (χ2v) is 7.15. The first-order valence-electron chi connectivity index (χ1n) is 9.44. The number of benzene rings is 1. The van der Waals surface area contributed by atoms with Gasteiger partial charge < -0.3 is 15.4 Å². The van der Waals surface area contributed by atoms with Crippen LogP contribution in [0.3, 0.4) is 0 Å². The number of primary amides is 1. The van der Waals surface area contributed by atoms with Gasteiger partial charge in [-0.2, -0.15) is 0 Å². The lowest BCUT2D eigenvalue weighted by molar-refractivity contribution is -0.149. The predicted molar refractivity (Wildman–Crippen MR) is 95.8 cm³/mol. The highest BCUT2D eigenvalue weighted by molar-refractivity contribution is 5.84. The van der Waals surface area contributed by atoms with Crippen molar-refractivity contribution in [2.24, 2.45) is 5.73 Å². The molecule has 0 aromatic heterocycles. The highest BCUT2D eigenvalue weighted by atomic mass is 16.5. The smallest absolute Gasteiger partial charge is 0.251 e. The minimum Gasteiger partial charge on any atom is -0.367 e. The summed E-state index contributed by atoms with van der Waals surface area (Å²) in [5, 5.41) is 0. The molecule has 5 nitrogen and oxygen atoms in total. The molecule has 0 radical (unpaired) electrons. The number of piperidine rings is 1. The van der Waals surface area contributed by atoms with Crippen LogP contribution in [-0.2, 0) is 20.7 Å². The number of ether oxygens (including phenoxy) is 1. The molecule has 2 amide bonds. The molecule has 136 valence electrons. The molecule has 3 atom stereocenters.